The molecule has 0 radical (unpaired) electrons. The van der Waals surface area contributed by atoms with Crippen molar-refractivity contribution in [2.45, 2.75) is 26.4 Å². The summed E-state index contributed by atoms with van der Waals surface area (Å²) in [6, 6.07) is 19.5. The second-order valence-corrected chi connectivity index (χ2v) is 8.37. The van der Waals surface area contributed by atoms with Crippen LogP contribution in [0.1, 0.15) is 33.9 Å². The highest BCUT2D eigenvalue weighted by Crippen LogP contribution is 2.41. The molecule has 3 aromatic rings. The number of methoxy groups -OCH3 is 2. The molecule has 1 saturated heterocycles. The Morgan fingerprint density at radius 3 is 2.21 bits per heavy atom. The smallest absolute Gasteiger partial charge is 0.295 e. The molecule has 1 atom stereocenters. The summed E-state index contributed by atoms with van der Waals surface area (Å²) in [7, 11) is 3.16. The number of benzene rings is 3. The Morgan fingerprint density at radius 2 is 1.59 bits per heavy atom. The number of amides is 1. The molecule has 34 heavy (non-hydrogen) atoms. The summed E-state index contributed by atoms with van der Waals surface area (Å²) in [4.78, 5) is 28.0. The fourth-order valence-corrected chi connectivity index (χ4v) is 4.33. The molecule has 1 fully saturated rings. The summed E-state index contributed by atoms with van der Waals surface area (Å²) in [5.41, 5.74) is 3.91. The number of hydrogen-bond acceptors (Lipinski definition) is 5. The van der Waals surface area contributed by atoms with E-state index in [0.29, 0.717) is 17.1 Å². The third-order valence-corrected chi connectivity index (χ3v) is 6.10. The number of aliphatic hydroxyl groups excluding tert-OH is 1. The van der Waals surface area contributed by atoms with Crippen LogP contribution in [0.25, 0.3) is 5.76 Å². The number of aryl methyl sites for hydroxylation is 2. The molecule has 1 amide bonds. The van der Waals surface area contributed by atoms with Crippen LogP contribution in [0, 0.1) is 13.8 Å². The number of hydrogen-bond donors (Lipinski definition) is 1. The van der Waals surface area contributed by atoms with Gasteiger partial charge in [-0.25, -0.2) is 0 Å². The molecule has 1 unspecified atom stereocenters. The van der Waals surface area contributed by atoms with E-state index in [4.69, 9.17) is 9.47 Å². The van der Waals surface area contributed by atoms with Gasteiger partial charge < -0.3 is 19.5 Å². The molecule has 0 saturated carbocycles. The number of nitrogens with zero attached hydrogens (tertiary/aromatic N) is 1. The molecule has 0 bridgehead atoms. The van der Waals surface area contributed by atoms with Crippen molar-refractivity contribution in [2.24, 2.45) is 0 Å². The van der Waals surface area contributed by atoms with Crippen LogP contribution >= 0.6 is 0 Å². The monoisotopic (exact) mass is 457 g/mol. The fourth-order valence-electron chi connectivity index (χ4n) is 4.33. The fraction of sp³-hybridized carbons (Fsp3) is 0.214. The van der Waals surface area contributed by atoms with Gasteiger partial charge in [0.1, 0.15) is 17.3 Å². The Morgan fingerprint density at radius 1 is 0.912 bits per heavy atom. The van der Waals surface area contributed by atoms with E-state index in [1.54, 1.807) is 32.4 Å². The van der Waals surface area contributed by atoms with Gasteiger partial charge in [0.05, 0.1) is 25.8 Å². The van der Waals surface area contributed by atoms with Crippen molar-refractivity contribution in [2.75, 3.05) is 14.2 Å². The van der Waals surface area contributed by atoms with Gasteiger partial charge in [-0.05, 0) is 60.9 Å². The van der Waals surface area contributed by atoms with E-state index in [1.807, 2.05) is 62.4 Å². The zero-order valence-corrected chi connectivity index (χ0v) is 19.7. The quantitative estimate of drug-likeness (QED) is 0.322. The summed E-state index contributed by atoms with van der Waals surface area (Å²) in [5.74, 6) is -0.190. The topological polar surface area (TPSA) is 76.1 Å². The highest BCUT2D eigenvalue weighted by Gasteiger charge is 2.46. The maximum atomic E-state index is 13.3. The van der Waals surface area contributed by atoms with E-state index in [1.165, 1.54) is 4.90 Å². The van der Waals surface area contributed by atoms with Gasteiger partial charge in [-0.2, -0.15) is 0 Å². The third-order valence-electron chi connectivity index (χ3n) is 6.10. The van der Waals surface area contributed by atoms with Crippen LogP contribution in [0.15, 0.2) is 72.3 Å². The molecular formula is C28H27NO5. The number of ether oxygens (including phenoxy) is 2. The number of carbonyl (C=O) groups is 2. The lowest BCUT2D eigenvalue weighted by atomic mass is 9.93. The highest BCUT2D eigenvalue weighted by atomic mass is 16.5. The van der Waals surface area contributed by atoms with Gasteiger partial charge in [0.15, 0.2) is 0 Å². The van der Waals surface area contributed by atoms with E-state index in [9.17, 15) is 14.7 Å². The lowest BCUT2D eigenvalue weighted by Crippen LogP contribution is -2.29. The minimum absolute atomic E-state index is 0.0809. The first-order valence-corrected chi connectivity index (χ1v) is 11.0. The minimum Gasteiger partial charge on any atom is -0.507 e. The predicted molar refractivity (Wildman–Crippen MR) is 130 cm³/mol. The summed E-state index contributed by atoms with van der Waals surface area (Å²) >= 11 is 0. The molecule has 3 aromatic carbocycles. The van der Waals surface area contributed by atoms with Gasteiger partial charge in [0, 0.05) is 12.1 Å². The zero-order chi connectivity index (χ0) is 24.4. The molecule has 174 valence electrons. The van der Waals surface area contributed by atoms with E-state index in [0.717, 1.165) is 22.3 Å². The number of ketones is 1. The Balaban J connectivity index is 1.85. The molecular weight excluding hydrogens is 430 g/mol. The number of carbonyl (C=O) groups excluding carboxylic acids is 2. The van der Waals surface area contributed by atoms with E-state index < -0.39 is 17.7 Å². The second-order valence-electron chi connectivity index (χ2n) is 8.37. The summed E-state index contributed by atoms with van der Waals surface area (Å²) < 4.78 is 10.5. The third kappa shape index (κ3) is 4.27. The van der Waals surface area contributed by atoms with Crippen molar-refractivity contribution in [1.82, 2.24) is 4.90 Å². The Kier molecular flexibility index (Phi) is 6.41. The van der Waals surface area contributed by atoms with Crippen molar-refractivity contribution in [3.05, 3.63) is 100 Å². The maximum Gasteiger partial charge on any atom is 0.295 e. The van der Waals surface area contributed by atoms with Gasteiger partial charge in [-0.3, -0.25) is 9.59 Å². The highest BCUT2D eigenvalue weighted by molar-refractivity contribution is 6.46. The lowest BCUT2D eigenvalue weighted by Gasteiger charge is -2.26. The van der Waals surface area contributed by atoms with Crippen molar-refractivity contribution in [3.8, 4) is 11.5 Å². The van der Waals surface area contributed by atoms with E-state index in [2.05, 4.69) is 0 Å². The van der Waals surface area contributed by atoms with Crippen LogP contribution in [-0.2, 0) is 16.1 Å². The average molecular weight is 458 g/mol. The van der Waals surface area contributed by atoms with Gasteiger partial charge >= 0.3 is 0 Å². The lowest BCUT2D eigenvalue weighted by molar-refractivity contribution is -0.140. The van der Waals surface area contributed by atoms with Gasteiger partial charge in [-0.15, -0.1) is 0 Å². The molecule has 1 heterocycles. The molecule has 0 aromatic heterocycles. The first-order valence-electron chi connectivity index (χ1n) is 11.0. The van der Waals surface area contributed by atoms with Gasteiger partial charge in [0.2, 0.25) is 0 Å². The molecule has 1 aliphatic heterocycles. The van der Waals surface area contributed by atoms with Crippen LogP contribution in [0.2, 0.25) is 0 Å². The first kappa shape index (κ1) is 23.1. The largest absolute Gasteiger partial charge is 0.507 e. The molecule has 6 heteroatoms. The zero-order valence-electron chi connectivity index (χ0n) is 19.7. The predicted octanol–water partition coefficient (Wildman–Crippen LogP) is 4.94. The summed E-state index contributed by atoms with van der Waals surface area (Å²) in [6.45, 7) is 3.99. The number of likely N-dealkylation sites (tertiary alicyclic amines) is 1. The van der Waals surface area contributed by atoms with Crippen LogP contribution in [0.4, 0.5) is 0 Å². The summed E-state index contributed by atoms with van der Waals surface area (Å²) in [6.07, 6.45) is 0. The average Bonchev–Trinajstić information content (AvgIpc) is 3.09. The first-order chi connectivity index (χ1) is 16.3. The van der Waals surface area contributed by atoms with Crippen molar-refractivity contribution in [3.63, 3.8) is 0 Å². The van der Waals surface area contributed by atoms with Crippen LogP contribution in [0.5, 0.6) is 11.5 Å². The Bertz CT molecular complexity index is 1280. The summed E-state index contributed by atoms with van der Waals surface area (Å²) in [5, 5.41) is 11.3. The van der Waals surface area contributed by atoms with Gasteiger partial charge in [-0.1, -0.05) is 42.0 Å². The SMILES string of the molecule is COc1ccc(CN2C(=O)C(=O)/C(=C(\O)c3ccc(OC)cc3C)C2c2cccc(C)c2)cc1. The molecule has 0 aliphatic carbocycles. The van der Waals surface area contributed by atoms with Crippen LogP contribution in [0.3, 0.4) is 0 Å². The number of rotatable bonds is 6. The molecule has 1 N–H and O–H groups in total. The molecule has 1 aliphatic rings. The van der Waals surface area contributed by atoms with Crippen molar-refractivity contribution >= 4 is 17.4 Å². The molecule has 4 rings (SSSR count). The van der Waals surface area contributed by atoms with Crippen molar-refractivity contribution < 1.29 is 24.2 Å². The number of aliphatic hydroxyl groups is 1. The molecule has 0 spiro atoms. The van der Waals surface area contributed by atoms with Crippen LogP contribution < -0.4 is 9.47 Å². The minimum atomic E-state index is -0.719. The normalized spacial score (nSPS) is 17.2. The van der Waals surface area contributed by atoms with Crippen molar-refractivity contribution in [1.29, 1.82) is 0 Å². The maximum absolute atomic E-state index is 13.3. The van der Waals surface area contributed by atoms with Gasteiger partial charge in [0.25, 0.3) is 11.7 Å². The number of Topliss-reactive ketones (excluding diaryl/α,β-unsaturated/α-hetero) is 1. The Hall–Kier alpha value is -4.06. The second kappa shape index (κ2) is 9.43. The molecule has 6 nitrogen and oxygen atoms in total. The Labute approximate surface area is 199 Å². The van der Waals surface area contributed by atoms with Crippen LogP contribution in [-0.4, -0.2) is 35.9 Å². The standard InChI is InChI=1S/C28H27NO5/c1-17-6-5-7-20(14-17)25-24(26(30)23-13-12-22(34-4)15-18(23)2)27(31)28(32)29(25)16-19-8-10-21(33-3)11-9-19/h5-15,25,30H,16H2,1-4H3/b26-24-. The van der Waals surface area contributed by atoms with E-state index >= 15 is 0 Å². The van der Waals surface area contributed by atoms with E-state index in [-0.39, 0.29) is 17.9 Å².